The van der Waals surface area contributed by atoms with Crippen molar-refractivity contribution in [1.82, 2.24) is 4.98 Å². The van der Waals surface area contributed by atoms with Gasteiger partial charge in [0.05, 0.1) is 14.2 Å². The summed E-state index contributed by atoms with van der Waals surface area (Å²) in [6, 6.07) is 9.38. The molecule has 1 aromatic heterocycles. The normalized spacial score (nSPS) is 11.7. The van der Waals surface area contributed by atoms with Gasteiger partial charge in [-0.1, -0.05) is 6.07 Å². The summed E-state index contributed by atoms with van der Waals surface area (Å²) >= 11 is 0. The number of pyridine rings is 1. The summed E-state index contributed by atoms with van der Waals surface area (Å²) in [5.74, 6) is 1.08. The lowest BCUT2D eigenvalue weighted by molar-refractivity contribution is -0.109. The third kappa shape index (κ3) is 3.15. The summed E-state index contributed by atoms with van der Waals surface area (Å²) in [5.41, 5.74) is 1.99. The number of carbonyl (C=O) groups excluding carboxylic acids is 1. The van der Waals surface area contributed by atoms with Gasteiger partial charge in [0.2, 0.25) is 0 Å². The molecule has 0 amide bonds. The maximum atomic E-state index is 11.4. The lowest BCUT2D eigenvalue weighted by atomic mass is 9.93. The number of rotatable bonds is 6. The Bertz CT molecular complexity index is 569. The van der Waals surface area contributed by atoms with Crippen molar-refractivity contribution in [1.29, 1.82) is 0 Å². The quantitative estimate of drug-likeness (QED) is 0.758. The van der Waals surface area contributed by atoms with Gasteiger partial charge in [0.25, 0.3) is 0 Å². The van der Waals surface area contributed by atoms with Crippen LogP contribution >= 0.6 is 0 Å². The highest BCUT2D eigenvalue weighted by molar-refractivity contribution is 5.64. The summed E-state index contributed by atoms with van der Waals surface area (Å²) in [4.78, 5) is 15.4. The van der Waals surface area contributed by atoms with E-state index in [4.69, 9.17) is 9.47 Å². The molecule has 1 unspecified atom stereocenters. The first-order valence-corrected chi connectivity index (χ1v) is 6.34. The van der Waals surface area contributed by atoms with Crippen molar-refractivity contribution >= 4 is 6.29 Å². The van der Waals surface area contributed by atoms with E-state index < -0.39 is 0 Å². The van der Waals surface area contributed by atoms with Gasteiger partial charge in [-0.25, -0.2) is 0 Å². The van der Waals surface area contributed by atoms with E-state index in [9.17, 15) is 4.79 Å². The van der Waals surface area contributed by atoms with Crippen molar-refractivity contribution in [2.45, 2.75) is 12.3 Å². The van der Waals surface area contributed by atoms with Crippen LogP contribution in [0.5, 0.6) is 11.5 Å². The van der Waals surface area contributed by atoms with Gasteiger partial charge in [-0.15, -0.1) is 0 Å². The molecule has 2 rings (SSSR count). The molecule has 0 aliphatic carbocycles. The van der Waals surface area contributed by atoms with Crippen molar-refractivity contribution in [3.05, 3.63) is 53.9 Å². The van der Waals surface area contributed by atoms with E-state index in [0.29, 0.717) is 17.9 Å². The third-order valence-corrected chi connectivity index (χ3v) is 3.20. The van der Waals surface area contributed by atoms with E-state index in [0.717, 1.165) is 17.4 Å². The molecule has 0 saturated heterocycles. The minimum atomic E-state index is -0.211. The molecule has 0 aliphatic rings. The Hall–Kier alpha value is -2.36. The highest BCUT2D eigenvalue weighted by Crippen LogP contribution is 2.31. The zero-order valence-electron chi connectivity index (χ0n) is 11.6. The highest BCUT2D eigenvalue weighted by atomic mass is 16.5. The predicted octanol–water partition coefficient (Wildman–Crippen LogP) is 2.62. The predicted molar refractivity (Wildman–Crippen MR) is 76.3 cm³/mol. The highest BCUT2D eigenvalue weighted by Gasteiger charge is 2.14. The second-order valence-corrected chi connectivity index (χ2v) is 4.42. The van der Waals surface area contributed by atoms with Crippen LogP contribution in [0.25, 0.3) is 0 Å². The van der Waals surface area contributed by atoms with Crippen molar-refractivity contribution in [3.8, 4) is 11.5 Å². The van der Waals surface area contributed by atoms with E-state index >= 15 is 0 Å². The fourth-order valence-corrected chi connectivity index (χ4v) is 2.10. The number of aromatic nitrogens is 1. The zero-order valence-corrected chi connectivity index (χ0v) is 11.6. The van der Waals surface area contributed by atoms with Gasteiger partial charge < -0.3 is 14.3 Å². The molecule has 2 aromatic rings. The van der Waals surface area contributed by atoms with Gasteiger partial charge in [0.1, 0.15) is 6.29 Å². The molecule has 1 heterocycles. The number of aldehydes is 1. The first-order valence-electron chi connectivity index (χ1n) is 6.34. The summed E-state index contributed by atoms with van der Waals surface area (Å²) in [6.45, 7) is 0. The van der Waals surface area contributed by atoms with Gasteiger partial charge in [0.15, 0.2) is 11.5 Å². The standard InChI is InChI=1S/C16H17NO3/c1-19-15-4-3-13(10-16(15)20-2)14(11-18)9-12-5-7-17-8-6-12/h3-8,10-11,14H,9H2,1-2H3. The van der Waals surface area contributed by atoms with Crippen LogP contribution in [0.15, 0.2) is 42.7 Å². The van der Waals surface area contributed by atoms with Gasteiger partial charge in [-0.3, -0.25) is 4.98 Å². The molecular weight excluding hydrogens is 254 g/mol. The molecular formula is C16H17NO3. The summed E-state index contributed by atoms with van der Waals surface area (Å²) in [5, 5.41) is 0. The van der Waals surface area contributed by atoms with Crippen LogP contribution < -0.4 is 9.47 Å². The Kier molecular flexibility index (Phi) is 4.71. The number of hydrogen-bond acceptors (Lipinski definition) is 4. The Morgan fingerprint density at radius 3 is 2.40 bits per heavy atom. The minimum Gasteiger partial charge on any atom is -0.493 e. The number of methoxy groups -OCH3 is 2. The van der Waals surface area contributed by atoms with Crippen molar-refractivity contribution in [3.63, 3.8) is 0 Å². The van der Waals surface area contributed by atoms with Gasteiger partial charge in [0, 0.05) is 18.3 Å². The average Bonchev–Trinajstić information content (AvgIpc) is 2.53. The van der Waals surface area contributed by atoms with E-state index in [1.807, 2.05) is 30.3 Å². The molecule has 0 fully saturated rings. The van der Waals surface area contributed by atoms with Crippen LogP contribution in [0.2, 0.25) is 0 Å². The Morgan fingerprint density at radius 1 is 1.10 bits per heavy atom. The molecule has 20 heavy (non-hydrogen) atoms. The first kappa shape index (κ1) is 14.1. The fraction of sp³-hybridized carbons (Fsp3) is 0.250. The third-order valence-electron chi connectivity index (χ3n) is 3.20. The largest absolute Gasteiger partial charge is 0.493 e. The molecule has 4 nitrogen and oxygen atoms in total. The van der Waals surface area contributed by atoms with Crippen molar-refractivity contribution < 1.29 is 14.3 Å². The Labute approximate surface area is 118 Å². The maximum Gasteiger partial charge on any atom is 0.161 e. The van der Waals surface area contributed by atoms with Gasteiger partial charge >= 0.3 is 0 Å². The number of nitrogens with zero attached hydrogens (tertiary/aromatic N) is 1. The maximum absolute atomic E-state index is 11.4. The second kappa shape index (κ2) is 6.70. The fourth-order valence-electron chi connectivity index (χ4n) is 2.10. The minimum absolute atomic E-state index is 0.211. The van der Waals surface area contributed by atoms with E-state index in [2.05, 4.69) is 4.98 Å². The summed E-state index contributed by atoms with van der Waals surface area (Å²) in [7, 11) is 3.17. The molecule has 0 spiro atoms. The number of hydrogen-bond donors (Lipinski definition) is 0. The topological polar surface area (TPSA) is 48.4 Å². The van der Waals surface area contributed by atoms with E-state index in [1.54, 1.807) is 26.6 Å². The second-order valence-electron chi connectivity index (χ2n) is 4.42. The van der Waals surface area contributed by atoms with Gasteiger partial charge in [-0.2, -0.15) is 0 Å². The van der Waals surface area contributed by atoms with Crippen molar-refractivity contribution in [2.24, 2.45) is 0 Å². The summed E-state index contributed by atoms with van der Waals surface area (Å²) in [6.07, 6.45) is 5.06. The van der Waals surface area contributed by atoms with Crippen molar-refractivity contribution in [2.75, 3.05) is 14.2 Å². The molecule has 0 bridgehead atoms. The van der Waals surface area contributed by atoms with E-state index in [-0.39, 0.29) is 5.92 Å². The number of ether oxygens (including phenoxy) is 2. The smallest absolute Gasteiger partial charge is 0.161 e. The lowest BCUT2D eigenvalue weighted by Crippen LogP contribution is -2.05. The van der Waals surface area contributed by atoms with Gasteiger partial charge in [-0.05, 0) is 41.8 Å². The Morgan fingerprint density at radius 2 is 1.80 bits per heavy atom. The Balaban J connectivity index is 2.25. The van der Waals surface area contributed by atoms with Crippen LogP contribution in [0, 0.1) is 0 Å². The monoisotopic (exact) mass is 271 g/mol. The number of carbonyl (C=O) groups is 1. The molecule has 0 aliphatic heterocycles. The number of benzene rings is 1. The van der Waals surface area contributed by atoms with E-state index in [1.165, 1.54) is 0 Å². The average molecular weight is 271 g/mol. The SMILES string of the molecule is COc1ccc(C(C=O)Cc2ccncc2)cc1OC. The van der Waals surface area contributed by atoms with Crippen LogP contribution in [0.1, 0.15) is 17.0 Å². The van der Waals surface area contributed by atoms with Crippen LogP contribution in [0.3, 0.4) is 0 Å². The molecule has 1 aromatic carbocycles. The van der Waals surface area contributed by atoms with Crippen LogP contribution in [-0.4, -0.2) is 25.5 Å². The molecule has 0 saturated carbocycles. The molecule has 4 heteroatoms. The molecule has 104 valence electrons. The molecule has 0 N–H and O–H groups in total. The summed E-state index contributed by atoms with van der Waals surface area (Å²) < 4.78 is 10.5. The zero-order chi connectivity index (χ0) is 14.4. The molecule has 1 atom stereocenters. The molecule has 0 radical (unpaired) electrons. The van der Waals surface area contributed by atoms with Crippen LogP contribution in [-0.2, 0) is 11.2 Å². The van der Waals surface area contributed by atoms with Crippen LogP contribution in [0.4, 0.5) is 0 Å². The lowest BCUT2D eigenvalue weighted by Gasteiger charge is -2.14. The first-order chi connectivity index (χ1) is 9.78.